The van der Waals surface area contributed by atoms with E-state index in [1.807, 2.05) is 6.26 Å². The second kappa shape index (κ2) is 11.0. The third-order valence-electron chi connectivity index (χ3n) is 3.79. The summed E-state index contributed by atoms with van der Waals surface area (Å²) in [6, 6.07) is 7.78. The van der Waals surface area contributed by atoms with Gasteiger partial charge in [0, 0.05) is 44.8 Å². The SMILES string of the molecule is CN=C(NCCNS(=O)(=O)c1cccnc1)NCc1ccc(F)cc1CSC. The number of rotatable bonds is 9. The van der Waals surface area contributed by atoms with Crippen LogP contribution in [0.15, 0.2) is 52.6 Å². The predicted octanol–water partition coefficient (Wildman–Crippen LogP) is 1.73. The Morgan fingerprint density at radius 3 is 2.71 bits per heavy atom. The second-order valence-corrected chi connectivity index (χ2v) is 8.42. The molecule has 0 unspecified atom stereocenters. The first kappa shape index (κ1) is 22.1. The molecule has 2 aromatic rings. The number of aromatic nitrogens is 1. The molecule has 0 bridgehead atoms. The lowest BCUT2D eigenvalue weighted by Crippen LogP contribution is -2.41. The molecule has 0 amide bonds. The van der Waals surface area contributed by atoms with Crippen LogP contribution < -0.4 is 15.4 Å². The van der Waals surface area contributed by atoms with Crippen molar-refractivity contribution in [3.8, 4) is 0 Å². The molecule has 1 aromatic carbocycles. The van der Waals surface area contributed by atoms with Crippen LogP contribution in [0.5, 0.6) is 0 Å². The van der Waals surface area contributed by atoms with Crippen molar-refractivity contribution in [2.24, 2.45) is 4.99 Å². The maximum Gasteiger partial charge on any atom is 0.242 e. The molecular formula is C18H24FN5O2S2. The molecule has 1 heterocycles. The molecule has 0 fully saturated rings. The van der Waals surface area contributed by atoms with Gasteiger partial charge in [-0.2, -0.15) is 11.8 Å². The summed E-state index contributed by atoms with van der Waals surface area (Å²) in [6.07, 6.45) is 4.78. The van der Waals surface area contributed by atoms with E-state index < -0.39 is 10.0 Å². The minimum absolute atomic E-state index is 0.121. The Hall–Kier alpha value is -2.17. The number of thioether (sulfide) groups is 1. The molecule has 2 rings (SSSR count). The van der Waals surface area contributed by atoms with Crippen LogP contribution >= 0.6 is 11.8 Å². The quantitative estimate of drug-likeness (QED) is 0.322. The number of hydrogen-bond acceptors (Lipinski definition) is 5. The summed E-state index contributed by atoms with van der Waals surface area (Å²) in [6.45, 7) is 1.02. The van der Waals surface area contributed by atoms with Crippen molar-refractivity contribution in [3.05, 3.63) is 59.7 Å². The summed E-state index contributed by atoms with van der Waals surface area (Å²) >= 11 is 1.62. The van der Waals surface area contributed by atoms with E-state index in [4.69, 9.17) is 0 Å². The monoisotopic (exact) mass is 425 g/mol. The fourth-order valence-corrected chi connectivity index (χ4v) is 3.99. The summed E-state index contributed by atoms with van der Waals surface area (Å²) in [5.74, 6) is 0.993. The molecular weight excluding hydrogens is 401 g/mol. The Bertz CT molecular complexity index is 892. The standard InChI is InChI=1S/C18H24FN5O2S2/c1-20-18(23-11-14-5-6-16(19)10-15(14)13-27-2)22-8-9-24-28(25,26)17-4-3-7-21-12-17/h3-7,10,12,24H,8-9,11,13H2,1-2H3,(H2,20,22,23). The van der Waals surface area contributed by atoms with Crippen LogP contribution in [0.4, 0.5) is 4.39 Å². The van der Waals surface area contributed by atoms with E-state index in [2.05, 4.69) is 25.3 Å². The van der Waals surface area contributed by atoms with Gasteiger partial charge in [0.2, 0.25) is 10.0 Å². The van der Waals surface area contributed by atoms with E-state index in [1.54, 1.807) is 30.9 Å². The highest BCUT2D eigenvalue weighted by atomic mass is 32.2. The first-order valence-corrected chi connectivity index (χ1v) is 11.4. The summed E-state index contributed by atoms with van der Waals surface area (Å²) < 4.78 is 40.2. The maximum atomic E-state index is 13.4. The summed E-state index contributed by atoms with van der Waals surface area (Å²) in [7, 11) is -1.96. The average Bonchev–Trinajstić information content (AvgIpc) is 2.69. The summed E-state index contributed by atoms with van der Waals surface area (Å²) in [4.78, 5) is 8.05. The number of benzene rings is 1. The van der Waals surface area contributed by atoms with Gasteiger partial charge in [-0.15, -0.1) is 0 Å². The topological polar surface area (TPSA) is 95.5 Å². The van der Waals surface area contributed by atoms with E-state index >= 15 is 0 Å². The lowest BCUT2D eigenvalue weighted by molar-refractivity contribution is 0.580. The first-order valence-electron chi connectivity index (χ1n) is 8.56. The van der Waals surface area contributed by atoms with E-state index in [1.165, 1.54) is 30.6 Å². The van der Waals surface area contributed by atoms with Crippen LogP contribution in [-0.2, 0) is 22.3 Å². The van der Waals surface area contributed by atoms with Gasteiger partial charge in [-0.3, -0.25) is 9.98 Å². The molecule has 0 aliphatic heterocycles. The second-order valence-electron chi connectivity index (χ2n) is 5.79. The van der Waals surface area contributed by atoms with Crippen LogP contribution in [-0.4, -0.2) is 45.8 Å². The van der Waals surface area contributed by atoms with Gasteiger partial charge < -0.3 is 10.6 Å². The van der Waals surface area contributed by atoms with E-state index in [-0.39, 0.29) is 17.3 Å². The number of nitrogens with zero attached hydrogens (tertiary/aromatic N) is 2. The third-order valence-corrected chi connectivity index (χ3v) is 5.84. The van der Waals surface area contributed by atoms with Gasteiger partial charge in [-0.05, 0) is 41.6 Å². The first-order chi connectivity index (χ1) is 13.5. The Labute approximate surface area is 169 Å². The van der Waals surface area contributed by atoms with E-state index in [0.29, 0.717) is 19.0 Å². The molecule has 0 atom stereocenters. The highest BCUT2D eigenvalue weighted by molar-refractivity contribution is 7.97. The average molecular weight is 426 g/mol. The van der Waals surface area contributed by atoms with Crippen molar-refractivity contribution in [2.45, 2.75) is 17.2 Å². The molecule has 0 saturated heterocycles. The van der Waals surface area contributed by atoms with Gasteiger partial charge in [0.25, 0.3) is 0 Å². The van der Waals surface area contributed by atoms with Crippen LogP contribution in [0.1, 0.15) is 11.1 Å². The molecule has 7 nitrogen and oxygen atoms in total. The molecule has 10 heteroatoms. The van der Waals surface area contributed by atoms with Crippen molar-refractivity contribution in [1.29, 1.82) is 0 Å². The molecule has 28 heavy (non-hydrogen) atoms. The van der Waals surface area contributed by atoms with Crippen LogP contribution in [0, 0.1) is 5.82 Å². The molecule has 0 radical (unpaired) electrons. The zero-order valence-corrected chi connectivity index (χ0v) is 17.4. The fraction of sp³-hybridized carbons (Fsp3) is 0.333. The Morgan fingerprint density at radius 1 is 1.21 bits per heavy atom. The number of nitrogens with one attached hydrogen (secondary N) is 3. The molecule has 152 valence electrons. The fourth-order valence-electron chi connectivity index (χ4n) is 2.41. The van der Waals surface area contributed by atoms with Gasteiger partial charge in [0.1, 0.15) is 10.7 Å². The van der Waals surface area contributed by atoms with Gasteiger partial charge >= 0.3 is 0 Å². The Morgan fingerprint density at radius 2 is 2.04 bits per heavy atom. The normalized spacial score (nSPS) is 12.0. The van der Waals surface area contributed by atoms with Gasteiger partial charge in [-0.25, -0.2) is 17.5 Å². The molecule has 0 spiro atoms. The van der Waals surface area contributed by atoms with Crippen molar-refractivity contribution in [3.63, 3.8) is 0 Å². The largest absolute Gasteiger partial charge is 0.355 e. The van der Waals surface area contributed by atoms with Gasteiger partial charge in [0.05, 0.1) is 0 Å². The van der Waals surface area contributed by atoms with E-state index in [0.717, 1.165) is 16.9 Å². The number of halogens is 1. The Balaban J connectivity index is 1.82. The van der Waals surface area contributed by atoms with Crippen LogP contribution in [0.2, 0.25) is 0 Å². The lowest BCUT2D eigenvalue weighted by atomic mass is 10.1. The Kier molecular flexibility index (Phi) is 8.68. The molecule has 0 aliphatic rings. The number of sulfonamides is 1. The highest BCUT2D eigenvalue weighted by Gasteiger charge is 2.13. The minimum atomic E-state index is -3.59. The lowest BCUT2D eigenvalue weighted by Gasteiger charge is -2.14. The minimum Gasteiger partial charge on any atom is -0.355 e. The molecule has 0 saturated carbocycles. The third kappa shape index (κ3) is 6.77. The van der Waals surface area contributed by atoms with Crippen molar-refractivity contribution >= 4 is 27.7 Å². The highest BCUT2D eigenvalue weighted by Crippen LogP contribution is 2.16. The van der Waals surface area contributed by atoms with Crippen LogP contribution in [0.25, 0.3) is 0 Å². The maximum absolute atomic E-state index is 13.4. The van der Waals surface area contributed by atoms with Gasteiger partial charge in [0.15, 0.2) is 5.96 Å². The van der Waals surface area contributed by atoms with Crippen molar-refractivity contribution in [2.75, 3.05) is 26.4 Å². The van der Waals surface area contributed by atoms with Crippen molar-refractivity contribution in [1.82, 2.24) is 20.3 Å². The van der Waals surface area contributed by atoms with E-state index in [9.17, 15) is 12.8 Å². The number of guanidine groups is 1. The number of pyridine rings is 1. The number of hydrogen-bond donors (Lipinski definition) is 3. The molecule has 0 aliphatic carbocycles. The summed E-state index contributed by atoms with van der Waals surface area (Å²) in [5.41, 5.74) is 1.91. The molecule has 1 aromatic heterocycles. The summed E-state index contributed by atoms with van der Waals surface area (Å²) in [5, 5.41) is 6.20. The van der Waals surface area contributed by atoms with Gasteiger partial charge in [-0.1, -0.05) is 6.07 Å². The van der Waals surface area contributed by atoms with Crippen LogP contribution in [0.3, 0.4) is 0 Å². The van der Waals surface area contributed by atoms with Crippen molar-refractivity contribution < 1.29 is 12.8 Å². The zero-order valence-electron chi connectivity index (χ0n) is 15.8. The predicted molar refractivity (Wildman–Crippen MR) is 111 cm³/mol. The zero-order chi connectivity index (χ0) is 20.4. The smallest absolute Gasteiger partial charge is 0.242 e. The number of aliphatic imine (C=N–C) groups is 1. The molecule has 3 N–H and O–H groups in total.